The molecule has 0 spiro atoms. The van der Waals surface area contributed by atoms with Crippen molar-refractivity contribution in [3.05, 3.63) is 69.8 Å². The van der Waals surface area contributed by atoms with Crippen molar-refractivity contribution in [2.45, 2.75) is 37.2 Å². The minimum atomic E-state index is -0.287. The molecule has 0 aliphatic rings. The fourth-order valence-electron chi connectivity index (χ4n) is 3.26. The number of hydrogen-bond acceptors (Lipinski definition) is 5. The van der Waals surface area contributed by atoms with Crippen LogP contribution in [-0.2, 0) is 12.8 Å². The van der Waals surface area contributed by atoms with Gasteiger partial charge < -0.3 is 5.32 Å². The van der Waals surface area contributed by atoms with Gasteiger partial charge in [0, 0.05) is 24.4 Å². The van der Waals surface area contributed by atoms with Gasteiger partial charge in [-0.2, -0.15) is 0 Å². The van der Waals surface area contributed by atoms with Crippen LogP contribution in [0.15, 0.2) is 52.4 Å². The summed E-state index contributed by atoms with van der Waals surface area (Å²) in [5.74, 6) is 0.211. The number of thioether (sulfide) groups is 1. The van der Waals surface area contributed by atoms with Crippen LogP contribution >= 0.6 is 11.8 Å². The number of fused-ring (bicyclic) bond motifs is 3. The lowest BCUT2D eigenvalue weighted by atomic mass is 10.1. The van der Waals surface area contributed by atoms with Crippen LogP contribution in [0, 0.1) is 5.82 Å². The fourth-order valence-corrected chi connectivity index (χ4v) is 4.19. The van der Waals surface area contributed by atoms with Crippen molar-refractivity contribution >= 4 is 34.3 Å². The summed E-state index contributed by atoms with van der Waals surface area (Å²) in [6.07, 6.45) is 0.812. The zero-order chi connectivity index (χ0) is 22.1. The molecule has 0 bridgehead atoms. The molecule has 9 heteroatoms. The van der Waals surface area contributed by atoms with Crippen LogP contribution in [0.4, 0.5) is 4.39 Å². The lowest BCUT2D eigenvalue weighted by molar-refractivity contribution is 0.0939. The van der Waals surface area contributed by atoms with Crippen molar-refractivity contribution in [3.8, 4) is 0 Å². The van der Waals surface area contributed by atoms with E-state index < -0.39 is 0 Å². The van der Waals surface area contributed by atoms with E-state index in [0.717, 1.165) is 6.42 Å². The first kappa shape index (κ1) is 21.0. The van der Waals surface area contributed by atoms with Crippen LogP contribution in [0.1, 0.15) is 36.2 Å². The maximum Gasteiger partial charge on any atom is 0.262 e. The summed E-state index contributed by atoms with van der Waals surface area (Å²) >= 11 is 1.32. The van der Waals surface area contributed by atoms with Gasteiger partial charge in [0.2, 0.25) is 5.78 Å². The Balaban J connectivity index is 1.82. The number of carbonyl (C=O) groups is 1. The highest BCUT2D eigenvalue weighted by Gasteiger charge is 2.18. The molecule has 0 aliphatic heterocycles. The van der Waals surface area contributed by atoms with Crippen LogP contribution in [-0.4, -0.2) is 31.1 Å². The molecule has 1 N–H and O–H groups in total. The largest absolute Gasteiger partial charge is 0.350 e. The molecule has 2 heterocycles. The number of hydrogen-bond donors (Lipinski definition) is 1. The number of benzene rings is 2. The summed E-state index contributed by atoms with van der Waals surface area (Å²) in [7, 11) is 1.63. The van der Waals surface area contributed by atoms with E-state index in [1.807, 2.05) is 13.8 Å². The molecule has 7 nitrogen and oxygen atoms in total. The normalized spacial score (nSPS) is 12.4. The highest BCUT2D eigenvalue weighted by molar-refractivity contribution is 7.98. The molecule has 2 aromatic carbocycles. The summed E-state index contributed by atoms with van der Waals surface area (Å²) in [4.78, 5) is 25.4. The van der Waals surface area contributed by atoms with Crippen molar-refractivity contribution in [1.29, 1.82) is 0 Å². The van der Waals surface area contributed by atoms with Crippen molar-refractivity contribution in [3.63, 3.8) is 0 Å². The second-order valence-electron chi connectivity index (χ2n) is 7.38. The van der Waals surface area contributed by atoms with Gasteiger partial charge in [0.15, 0.2) is 5.16 Å². The predicted octanol–water partition coefficient (Wildman–Crippen LogP) is 3.54. The minimum Gasteiger partial charge on any atom is -0.350 e. The zero-order valence-corrected chi connectivity index (χ0v) is 18.2. The standard InChI is InChI=1S/C22H22FN5O2S/c1-4-13(2)24-19(29)14-9-10-16-18(11-14)28-21(27(3)20(16)30)25-26-22(28)31-12-15-7-5-6-8-17(15)23/h5-11,13H,4,12H2,1-3H3,(H,24,29). The number of nitrogens with one attached hydrogen (secondary N) is 1. The van der Waals surface area contributed by atoms with Crippen LogP contribution in [0.3, 0.4) is 0 Å². The van der Waals surface area contributed by atoms with E-state index in [-0.39, 0.29) is 23.3 Å². The zero-order valence-electron chi connectivity index (χ0n) is 17.4. The number of rotatable bonds is 6. The van der Waals surface area contributed by atoms with Gasteiger partial charge in [0.25, 0.3) is 11.5 Å². The lowest BCUT2D eigenvalue weighted by Crippen LogP contribution is -2.32. The molecule has 4 aromatic rings. The number of halogens is 1. The highest BCUT2D eigenvalue weighted by Crippen LogP contribution is 2.26. The molecule has 1 unspecified atom stereocenters. The maximum absolute atomic E-state index is 14.0. The van der Waals surface area contributed by atoms with E-state index in [9.17, 15) is 14.0 Å². The number of aryl methyl sites for hydroxylation is 1. The summed E-state index contributed by atoms with van der Waals surface area (Å²) in [5.41, 5.74) is 1.30. The molecule has 4 rings (SSSR count). The number of amides is 1. The first-order valence-electron chi connectivity index (χ1n) is 9.95. The van der Waals surface area contributed by atoms with Gasteiger partial charge in [0.05, 0.1) is 10.9 Å². The summed E-state index contributed by atoms with van der Waals surface area (Å²) in [5, 5.41) is 12.3. The Morgan fingerprint density at radius 1 is 1.23 bits per heavy atom. The lowest BCUT2D eigenvalue weighted by Gasteiger charge is -2.13. The molecule has 1 atom stereocenters. The van der Waals surface area contributed by atoms with Crippen LogP contribution in [0.5, 0.6) is 0 Å². The van der Waals surface area contributed by atoms with E-state index in [2.05, 4.69) is 15.5 Å². The van der Waals surface area contributed by atoms with Crippen LogP contribution in [0.25, 0.3) is 16.7 Å². The van der Waals surface area contributed by atoms with Gasteiger partial charge in [-0.25, -0.2) is 4.39 Å². The highest BCUT2D eigenvalue weighted by atomic mass is 32.2. The second-order valence-corrected chi connectivity index (χ2v) is 8.32. The Bertz CT molecular complexity index is 1350. The monoisotopic (exact) mass is 439 g/mol. The predicted molar refractivity (Wildman–Crippen MR) is 119 cm³/mol. The SMILES string of the molecule is CCC(C)NC(=O)c1ccc2c(=O)n(C)c3nnc(SCc4ccccc4F)n3c2c1. The molecule has 0 aliphatic carbocycles. The maximum atomic E-state index is 14.0. The molecule has 0 fully saturated rings. The van der Waals surface area contributed by atoms with E-state index in [1.54, 1.807) is 47.8 Å². The summed E-state index contributed by atoms with van der Waals surface area (Å²) in [6, 6.07) is 11.6. The third-order valence-corrected chi connectivity index (χ3v) is 6.23. The average molecular weight is 440 g/mol. The number of nitrogens with zero attached hydrogens (tertiary/aromatic N) is 4. The van der Waals surface area contributed by atoms with E-state index in [1.165, 1.54) is 22.4 Å². The molecule has 31 heavy (non-hydrogen) atoms. The van der Waals surface area contributed by atoms with Crippen LogP contribution < -0.4 is 10.9 Å². The summed E-state index contributed by atoms with van der Waals surface area (Å²) in [6.45, 7) is 3.93. The Morgan fingerprint density at radius 2 is 2.00 bits per heavy atom. The Hall–Kier alpha value is -3.20. The van der Waals surface area contributed by atoms with Gasteiger partial charge in [-0.05, 0) is 43.2 Å². The van der Waals surface area contributed by atoms with E-state index in [4.69, 9.17) is 0 Å². The van der Waals surface area contributed by atoms with Crippen molar-refractivity contribution in [1.82, 2.24) is 24.5 Å². The molecule has 0 radical (unpaired) electrons. The number of carbonyl (C=O) groups excluding carboxylic acids is 1. The van der Waals surface area contributed by atoms with E-state index >= 15 is 0 Å². The number of aromatic nitrogens is 4. The smallest absolute Gasteiger partial charge is 0.262 e. The molecular formula is C22H22FN5O2S. The fraction of sp³-hybridized carbons (Fsp3) is 0.273. The molecule has 2 aromatic heterocycles. The first-order chi connectivity index (χ1) is 14.9. The van der Waals surface area contributed by atoms with Gasteiger partial charge in [-0.1, -0.05) is 36.9 Å². The average Bonchev–Trinajstić information content (AvgIpc) is 3.20. The van der Waals surface area contributed by atoms with Gasteiger partial charge >= 0.3 is 0 Å². The minimum absolute atomic E-state index is 0.0358. The Morgan fingerprint density at radius 3 is 2.74 bits per heavy atom. The molecular weight excluding hydrogens is 417 g/mol. The third-order valence-electron chi connectivity index (χ3n) is 5.26. The van der Waals surface area contributed by atoms with E-state index in [0.29, 0.717) is 38.7 Å². The summed E-state index contributed by atoms with van der Waals surface area (Å²) < 4.78 is 17.2. The molecule has 0 saturated carbocycles. The Labute approximate surface area is 182 Å². The quantitative estimate of drug-likeness (QED) is 0.465. The topological polar surface area (TPSA) is 81.3 Å². The third kappa shape index (κ3) is 3.93. The van der Waals surface area contributed by atoms with Crippen molar-refractivity contribution in [2.24, 2.45) is 7.05 Å². The molecule has 160 valence electrons. The van der Waals surface area contributed by atoms with Crippen molar-refractivity contribution < 1.29 is 9.18 Å². The van der Waals surface area contributed by atoms with Gasteiger partial charge in [-0.3, -0.25) is 18.6 Å². The van der Waals surface area contributed by atoms with Crippen LogP contribution in [0.2, 0.25) is 0 Å². The molecule has 0 saturated heterocycles. The molecule has 1 amide bonds. The van der Waals surface area contributed by atoms with Crippen molar-refractivity contribution in [2.75, 3.05) is 0 Å². The Kier molecular flexibility index (Phi) is 5.77. The first-order valence-corrected chi connectivity index (χ1v) is 10.9. The second kappa shape index (κ2) is 8.50. The van der Waals surface area contributed by atoms with Gasteiger partial charge in [0.1, 0.15) is 5.82 Å². The van der Waals surface area contributed by atoms with Gasteiger partial charge in [-0.15, -0.1) is 10.2 Å².